The highest BCUT2D eigenvalue weighted by atomic mass is 15.3. The molecule has 0 aromatic heterocycles. The molecule has 2 aliphatic carbocycles. The molecule has 0 radical (unpaired) electrons. The third-order valence-corrected chi connectivity index (χ3v) is 4.33. The summed E-state index contributed by atoms with van der Waals surface area (Å²) in [5.41, 5.74) is 2.67. The van der Waals surface area contributed by atoms with E-state index in [0.717, 1.165) is 43.2 Å². The Morgan fingerprint density at radius 2 is 2.24 bits per heavy atom. The van der Waals surface area contributed by atoms with Crippen LogP contribution in [0.2, 0.25) is 0 Å². The van der Waals surface area contributed by atoms with Crippen LogP contribution in [0, 0.1) is 17.8 Å². The first-order valence-electron chi connectivity index (χ1n) is 7.08. The number of nitrogens with two attached hydrogens (primary N) is 1. The zero-order valence-electron chi connectivity index (χ0n) is 10.9. The fraction of sp³-hybridized carbons (Fsp3) is 0.923. The highest BCUT2D eigenvalue weighted by Crippen LogP contribution is 2.48. The molecular weight excluding hydrogens is 212 g/mol. The fourth-order valence-electron chi connectivity index (χ4n) is 3.34. The third kappa shape index (κ3) is 3.35. The van der Waals surface area contributed by atoms with Gasteiger partial charge in [-0.3, -0.25) is 10.4 Å². The summed E-state index contributed by atoms with van der Waals surface area (Å²) in [6.45, 7) is 4.08. The Kier molecular flexibility index (Phi) is 4.66. The molecule has 0 saturated heterocycles. The lowest BCUT2D eigenvalue weighted by atomic mass is 9.89. The van der Waals surface area contributed by atoms with Gasteiger partial charge in [-0.25, -0.2) is 5.84 Å². The van der Waals surface area contributed by atoms with Crippen LogP contribution < -0.4 is 16.6 Å². The minimum Gasteiger partial charge on any atom is -0.355 e. The third-order valence-electron chi connectivity index (χ3n) is 4.33. The first-order valence-corrected chi connectivity index (χ1v) is 7.08. The summed E-state index contributed by atoms with van der Waals surface area (Å²) < 4.78 is 0. The van der Waals surface area contributed by atoms with Crippen molar-refractivity contribution in [3.05, 3.63) is 0 Å². The summed E-state index contributed by atoms with van der Waals surface area (Å²) in [5.74, 6) is 8.99. The molecule has 17 heavy (non-hydrogen) atoms. The maximum absolute atomic E-state index is 5.47. The zero-order valence-corrected chi connectivity index (χ0v) is 10.9. The Labute approximate surface area is 104 Å². The molecule has 0 amide bonds. The fourth-order valence-corrected chi connectivity index (χ4v) is 3.34. The lowest BCUT2D eigenvalue weighted by molar-refractivity contribution is 0.341. The number of hydrazine groups is 1. The van der Waals surface area contributed by atoms with Gasteiger partial charge in [-0.15, -0.1) is 0 Å². The number of guanidine groups is 1. The van der Waals surface area contributed by atoms with Gasteiger partial charge in [0.15, 0.2) is 0 Å². The van der Waals surface area contributed by atoms with Gasteiger partial charge in [0.2, 0.25) is 5.96 Å². The summed E-state index contributed by atoms with van der Waals surface area (Å²) in [5, 5.41) is 3.25. The van der Waals surface area contributed by atoms with Crippen LogP contribution in [0.5, 0.6) is 0 Å². The molecule has 2 aliphatic rings. The molecule has 0 aliphatic heterocycles. The number of nitrogens with zero attached hydrogens (tertiary/aromatic N) is 1. The van der Waals surface area contributed by atoms with Crippen molar-refractivity contribution in [3.63, 3.8) is 0 Å². The maximum Gasteiger partial charge on any atom is 0.205 e. The molecule has 0 aromatic rings. The van der Waals surface area contributed by atoms with E-state index < -0.39 is 0 Å². The van der Waals surface area contributed by atoms with E-state index in [0.29, 0.717) is 0 Å². The monoisotopic (exact) mass is 238 g/mol. The summed E-state index contributed by atoms with van der Waals surface area (Å²) in [4.78, 5) is 4.58. The van der Waals surface area contributed by atoms with Crippen molar-refractivity contribution in [2.75, 3.05) is 13.1 Å². The van der Waals surface area contributed by atoms with Gasteiger partial charge in [-0.2, -0.15) is 0 Å². The quantitative estimate of drug-likeness (QED) is 0.224. The summed E-state index contributed by atoms with van der Waals surface area (Å²) >= 11 is 0. The lowest BCUT2D eigenvalue weighted by Crippen LogP contribution is -2.42. The molecule has 2 rings (SSSR count). The smallest absolute Gasteiger partial charge is 0.205 e. The van der Waals surface area contributed by atoms with Crippen molar-refractivity contribution in [1.29, 1.82) is 0 Å². The molecule has 98 valence electrons. The topological polar surface area (TPSA) is 62.4 Å². The molecule has 4 heteroatoms. The Hall–Kier alpha value is -0.770. The highest BCUT2D eigenvalue weighted by Gasteiger charge is 2.39. The van der Waals surface area contributed by atoms with E-state index in [4.69, 9.17) is 5.84 Å². The van der Waals surface area contributed by atoms with Crippen LogP contribution >= 0.6 is 0 Å². The van der Waals surface area contributed by atoms with Crippen LogP contribution in [0.25, 0.3) is 0 Å². The molecule has 0 spiro atoms. The molecule has 2 bridgehead atoms. The maximum atomic E-state index is 5.47. The SMILES string of the molecule is CCCCNC(=NCC1CC2CCC1C2)NN. The second-order valence-electron chi connectivity index (χ2n) is 5.55. The molecule has 4 N–H and O–H groups in total. The van der Waals surface area contributed by atoms with E-state index in [-0.39, 0.29) is 0 Å². The molecular formula is C13H26N4. The Morgan fingerprint density at radius 3 is 2.82 bits per heavy atom. The summed E-state index contributed by atoms with van der Waals surface area (Å²) in [6, 6.07) is 0. The number of hydrogen-bond acceptors (Lipinski definition) is 2. The number of unbranched alkanes of at least 4 members (excludes halogenated alkanes) is 1. The van der Waals surface area contributed by atoms with E-state index in [2.05, 4.69) is 22.7 Å². The van der Waals surface area contributed by atoms with Crippen LogP contribution in [-0.2, 0) is 0 Å². The predicted octanol–water partition coefficient (Wildman–Crippen LogP) is 1.63. The van der Waals surface area contributed by atoms with E-state index in [1.54, 1.807) is 0 Å². The largest absolute Gasteiger partial charge is 0.355 e. The normalized spacial score (nSPS) is 31.9. The van der Waals surface area contributed by atoms with Gasteiger partial charge in [-0.05, 0) is 43.4 Å². The van der Waals surface area contributed by atoms with E-state index in [9.17, 15) is 0 Å². The first kappa shape index (κ1) is 12.7. The van der Waals surface area contributed by atoms with E-state index >= 15 is 0 Å². The molecule has 2 fully saturated rings. The highest BCUT2D eigenvalue weighted by molar-refractivity contribution is 5.79. The lowest BCUT2D eigenvalue weighted by Gasteiger charge is -2.20. The molecule has 2 saturated carbocycles. The summed E-state index contributed by atoms with van der Waals surface area (Å²) in [6.07, 6.45) is 8.09. The second-order valence-corrected chi connectivity index (χ2v) is 5.55. The van der Waals surface area contributed by atoms with Crippen molar-refractivity contribution < 1.29 is 0 Å². The molecule has 3 atom stereocenters. The van der Waals surface area contributed by atoms with Gasteiger partial charge >= 0.3 is 0 Å². The number of hydrogen-bond donors (Lipinski definition) is 3. The van der Waals surface area contributed by atoms with Gasteiger partial charge in [0.25, 0.3) is 0 Å². The Morgan fingerprint density at radius 1 is 1.35 bits per heavy atom. The first-order chi connectivity index (χ1) is 8.33. The van der Waals surface area contributed by atoms with Crippen LogP contribution in [0.3, 0.4) is 0 Å². The molecule has 4 nitrogen and oxygen atoms in total. The number of aliphatic imine (C=N–C) groups is 1. The van der Waals surface area contributed by atoms with Crippen molar-refractivity contribution in [2.24, 2.45) is 28.6 Å². The van der Waals surface area contributed by atoms with Gasteiger partial charge in [-0.1, -0.05) is 19.8 Å². The standard InChI is InChI=1S/C13H26N4/c1-2-3-6-15-13(17-14)16-9-12-8-10-4-5-11(12)7-10/h10-12H,2-9,14H2,1H3,(H2,15,16,17). The van der Waals surface area contributed by atoms with Gasteiger partial charge in [0, 0.05) is 13.1 Å². The van der Waals surface area contributed by atoms with Crippen molar-refractivity contribution >= 4 is 5.96 Å². The van der Waals surface area contributed by atoms with Gasteiger partial charge in [0.05, 0.1) is 0 Å². The Bertz CT molecular complexity index is 264. The number of nitrogens with one attached hydrogen (secondary N) is 2. The average Bonchev–Trinajstić information content (AvgIpc) is 2.95. The summed E-state index contributed by atoms with van der Waals surface area (Å²) in [7, 11) is 0. The Balaban J connectivity index is 1.73. The second kappa shape index (κ2) is 6.24. The van der Waals surface area contributed by atoms with Gasteiger partial charge in [0.1, 0.15) is 0 Å². The van der Waals surface area contributed by atoms with Crippen LogP contribution in [0.4, 0.5) is 0 Å². The molecule has 0 aromatic carbocycles. The van der Waals surface area contributed by atoms with E-state index in [1.807, 2.05) is 0 Å². The molecule has 3 unspecified atom stereocenters. The number of rotatable bonds is 5. The van der Waals surface area contributed by atoms with Gasteiger partial charge < -0.3 is 5.32 Å². The van der Waals surface area contributed by atoms with Crippen molar-refractivity contribution in [3.8, 4) is 0 Å². The van der Waals surface area contributed by atoms with Crippen LogP contribution in [0.1, 0.15) is 45.4 Å². The molecule has 0 heterocycles. The zero-order chi connectivity index (χ0) is 12.1. The minimum absolute atomic E-state index is 0.765. The minimum atomic E-state index is 0.765. The van der Waals surface area contributed by atoms with E-state index in [1.165, 1.54) is 32.1 Å². The van der Waals surface area contributed by atoms with Crippen molar-refractivity contribution in [1.82, 2.24) is 10.7 Å². The van der Waals surface area contributed by atoms with Crippen LogP contribution in [-0.4, -0.2) is 19.0 Å². The number of fused-ring (bicyclic) bond motifs is 2. The van der Waals surface area contributed by atoms with Crippen LogP contribution in [0.15, 0.2) is 4.99 Å². The predicted molar refractivity (Wildman–Crippen MR) is 71.5 cm³/mol. The van der Waals surface area contributed by atoms with Crippen molar-refractivity contribution in [2.45, 2.75) is 45.4 Å². The average molecular weight is 238 g/mol.